The fraction of sp³-hybridized carbons (Fsp3) is 0.649. The van der Waals surface area contributed by atoms with Gasteiger partial charge in [-0.25, -0.2) is 0 Å². The van der Waals surface area contributed by atoms with E-state index >= 15 is 0 Å². The molecular formula is C57H93NO10. The summed E-state index contributed by atoms with van der Waals surface area (Å²) in [6, 6.07) is -1.05. The van der Waals surface area contributed by atoms with Crippen LogP contribution in [0.25, 0.3) is 0 Å². The molecule has 1 fully saturated rings. The van der Waals surface area contributed by atoms with Gasteiger partial charge in [0.1, 0.15) is 24.4 Å². The molecular weight excluding hydrogens is 859 g/mol. The number of ether oxygens (including phenoxy) is 3. The molecule has 8 atom stereocenters. The standard InChI is InChI=1S/C57H93NO10/c1-4-7-10-13-16-19-22-25-27-29-32-35-38-41-44-50(61)56(65)58-48(49(60)43-40-37-34-31-28-24-21-18-15-12-9-6-3)47-66-57-55(54(64)53(63)51(46-59)67-57)68-52(62)45-42-39-36-33-30-26-23-20-17-14-11-8-5-2/h7-8,10-11,13-14,16-17,19-20,22-23,25-27,30,40,43,48-51,53-55,57,59-61,63-64H,4-6,9,12,15,18,21,24,28-29,31-39,41-42,44-47H2,1-3H3,(H,58,65)/b10-7+,11-8+,16-13+,17-14+,22-19+,23-20-,27-25-,30-26-,43-40+. The number of rotatable bonds is 41. The number of esters is 1. The largest absolute Gasteiger partial charge is 0.454 e. The minimum Gasteiger partial charge on any atom is -0.454 e. The third-order valence-electron chi connectivity index (χ3n) is 11.6. The Balaban J connectivity index is 2.84. The van der Waals surface area contributed by atoms with E-state index in [4.69, 9.17) is 14.2 Å². The summed E-state index contributed by atoms with van der Waals surface area (Å²) in [6.45, 7) is 5.42. The Labute approximate surface area is 411 Å². The number of nitrogens with one attached hydrogen (secondary N) is 1. The molecule has 8 unspecified atom stereocenters. The van der Waals surface area contributed by atoms with Crippen molar-refractivity contribution in [3.8, 4) is 0 Å². The van der Waals surface area contributed by atoms with Crippen molar-refractivity contribution in [2.24, 2.45) is 0 Å². The molecule has 11 nitrogen and oxygen atoms in total. The van der Waals surface area contributed by atoms with Gasteiger partial charge in [-0.3, -0.25) is 9.59 Å². The number of unbranched alkanes of at least 4 members (excludes halogenated alkanes) is 17. The zero-order chi connectivity index (χ0) is 49.7. The van der Waals surface area contributed by atoms with Crippen molar-refractivity contribution in [3.05, 3.63) is 109 Å². The van der Waals surface area contributed by atoms with Crippen molar-refractivity contribution in [2.75, 3.05) is 13.2 Å². The van der Waals surface area contributed by atoms with Crippen molar-refractivity contribution < 1.29 is 49.3 Å². The van der Waals surface area contributed by atoms with Gasteiger partial charge in [0.15, 0.2) is 12.4 Å². The van der Waals surface area contributed by atoms with Gasteiger partial charge in [0.2, 0.25) is 5.91 Å². The van der Waals surface area contributed by atoms with Crippen molar-refractivity contribution >= 4 is 11.9 Å². The van der Waals surface area contributed by atoms with Crippen LogP contribution in [0.4, 0.5) is 0 Å². The van der Waals surface area contributed by atoms with E-state index in [0.29, 0.717) is 12.8 Å². The first-order valence-electron chi connectivity index (χ1n) is 26.3. The molecule has 1 saturated heterocycles. The predicted molar refractivity (Wildman–Crippen MR) is 278 cm³/mol. The topological polar surface area (TPSA) is 175 Å². The molecule has 1 heterocycles. The Bertz CT molecular complexity index is 1510. The summed E-state index contributed by atoms with van der Waals surface area (Å²) >= 11 is 0. The fourth-order valence-corrected chi connectivity index (χ4v) is 7.43. The van der Waals surface area contributed by atoms with Crippen LogP contribution in [0.5, 0.6) is 0 Å². The number of amides is 1. The third kappa shape index (κ3) is 33.0. The van der Waals surface area contributed by atoms with Crippen molar-refractivity contribution in [1.29, 1.82) is 0 Å². The highest BCUT2D eigenvalue weighted by Gasteiger charge is 2.47. The molecule has 386 valence electrons. The van der Waals surface area contributed by atoms with Crippen molar-refractivity contribution in [1.82, 2.24) is 5.32 Å². The van der Waals surface area contributed by atoms with Gasteiger partial charge in [0, 0.05) is 6.42 Å². The Morgan fingerprint density at radius 1 is 0.588 bits per heavy atom. The van der Waals surface area contributed by atoms with Crippen LogP contribution in [-0.4, -0.2) is 99.6 Å². The van der Waals surface area contributed by atoms with Gasteiger partial charge in [-0.15, -0.1) is 0 Å². The second-order valence-corrected chi connectivity index (χ2v) is 17.7. The minimum atomic E-state index is -1.64. The van der Waals surface area contributed by atoms with Gasteiger partial charge >= 0.3 is 5.97 Å². The summed E-state index contributed by atoms with van der Waals surface area (Å²) in [5, 5.41) is 56.6. The molecule has 6 N–H and O–H groups in total. The molecule has 1 rings (SSSR count). The maximum absolute atomic E-state index is 13.3. The lowest BCUT2D eigenvalue weighted by Gasteiger charge is -2.41. The summed E-state index contributed by atoms with van der Waals surface area (Å²) in [6.07, 6.45) is 48.5. The molecule has 1 amide bonds. The average Bonchev–Trinajstić information content (AvgIpc) is 3.33. The number of aliphatic hydroxyl groups is 5. The van der Waals surface area contributed by atoms with E-state index in [1.807, 2.05) is 79.0 Å². The lowest BCUT2D eigenvalue weighted by Crippen LogP contribution is -2.61. The van der Waals surface area contributed by atoms with Crippen LogP contribution >= 0.6 is 0 Å². The number of carbonyl (C=O) groups is 2. The summed E-state index contributed by atoms with van der Waals surface area (Å²) in [5.74, 6) is -1.27. The van der Waals surface area contributed by atoms with Crippen LogP contribution in [0.3, 0.4) is 0 Å². The molecule has 0 aliphatic carbocycles. The first kappa shape index (κ1) is 62.3. The van der Waals surface area contributed by atoms with Crippen LogP contribution in [0, 0.1) is 0 Å². The number of carbonyl (C=O) groups excluding carboxylic acids is 2. The van der Waals surface area contributed by atoms with E-state index in [2.05, 4.69) is 50.4 Å². The average molecular weight is 952 g/mol. The molecule has 0 saturated carbocycles. The molecule has 0 bridgehead atoms. The highest BCUT2D eigenvalue weighted by molar-refractivity contribution is 5.80. The molecule has 68 heavy (non-hydrogen) atoms. The van der Waals surface area contributed by atoms with Crippen molar-refractivity contribution in [3.63, 3.8) is 0 Å². The molecule has 0 aromatic heterocycles. The normalized spacial score (nSPS) is 20.9. The first-order valence-corrected chi connectivity index (χ1v) is 26.3. The van der Waals surface area contributed by atoms with E-state index < -0.39 is 67.4 Å². The molecule has 11 heteroatoms. The molecule has 0 spiro atoms. The number of hydrogen-bond donors (Lipinski definition) is 6. The lowest BCUT2D eigenvalue weighted by molar-refractivity contribution is -0.305. The van der Waals surface area contributed by atoms with Crippen LogP contribution in [0.2, 0.25) is 0 Å². The molecule has 1 aliphatic heterocycles. The van der Waals surface area contributed by atoms with E-state index in [1.54, 1.807) is 6.08 Å². The van der Waals surface area contributed by atoms with Crippen LogP contribution in [0.1, 0.15) is 175 Å². The third-order valence-corrected chi connectivity index (χ3v) is 11.6. The van der Waals surface area contributed by atoms with Crippen LogP contribution in [0.15, 0.2) is 109 Å². The van der Waals surface area contributed by atoms with Gasteiger partial charge in [0.05, 0.1) is 25.4 Å². The van der Waals surface area contributed by atoms with E-state index in [1.165, 1.54) is 44.9 Å². The summed E-state index contributed by atoms with van der Waals surface area (Å²) in [7, 11) is 0. The van der Waals surface area contributed by atoms with Crippen LogP contribution in [-0.2, 0) is 23.8 Å². The summed E-state index contributed by atoms with van der Waals surface area (Å²) < 4.78 is 17.5. The Kier molecular flexibility index (Phi) is 40.8. The SMILES string of the molecule is CC/C=C/C=C/C=C\C=C/CCCCCC(=O)OC1C(OCC(NC(=O)C(O)CCCCCC\C=C/C=C/C=C/C=C/CC)C(O)/C=C/CCCCCCCCCCCC)OC(CO)C(O)C1O. The zero-order valence-corrected chi connectivity index (χ0v) is 42.2. The van der Waals surface area contributed by atoms with Gasteiger partial charge in [-0.2, -0.15) is 0 Å². The zero-order valence-electron chi connectivity index (χ0n) is 42.2. The number of aliphatic hydroxyl groups excluding tert-OH is 5. The van der Waals surface area contributed by atoms with E-state index in [-0.39, 0.29) is 19.4 Å². The van der Waals surface area contributed by atoms with Crippen LogP contribution < -0.4 is 5.32 Å². The quantitative estimate of drug-likeness (QED) is 0.0150. The summed E-state index contributed by atoms with van der Waals surface area (Å²) in [5.41, 5.74) is 0. The smallest absolute Gasteiger partial charge is 0.306 e. The fourth-order valence-electron chi connectivity index (χ4n) is 7.43. The van der Waals surface area contributed by atoms with Gasteiger partial charge in [0.25, 0.3) is 0 Å². The Morgan fingerprint density at radius 2 is 1.06 bits per heavy atom. The first-order chi connectivity index (χ1) is 33.2. The Hall–Kier alpha value is -3.68. The molecule has 1 aliphatic rings. The second-order valence-electron chi connectivity index (χ2n) is 17.7. The van der Waals surface area contributed by atoms with E-state index in [0.717, 1.165) is 83.5 Å². The molecule has 0 aromatic rings. The van der Waals surface area contributed by atoms with Crippen molar-refractivity contribution in [2.45, 2.75) is 224 Å². The highest BCUT2D eigenvalue weighted by atomic mass is 16.7. The van der Waals surface area contributed by atoms with E-state index in [9.17, 15) is 35.1 Å². The molecule has 0 radical (unpaired) electrons. The number of hydrogen-bond acceptors (Lipinski definition) is 10. The Morgan fingerprint density at radius 3 is 1.59 bits per heavy atom. The van der Waals surface area contributed by atoms with Gasteiger partial charge in [-0.05, 0) is 64.2 Å². The minimum absolute atomic E-state index is 0.0680. The highest BCUT2D eigenvalue weighted by Crippen LogP contribution is 2.26. The maximum atomic E-state index is 13.3. The maximum Gasteiger partial charge on any atom is 0.306 e. The lowest BCUT2D eigenvalue weighted by atomic mass is 9.99. The van der Waals surface area contributed by atoms with Gasteiger partial charge < -0.3 is 45.1 Å². The predicted octanol–water partition coefficient (Wildman–Crippen LogP) is 11.0. The summed E-state index contributed by atoms with van der Waals surface area (Å²) in [4.78, 5) is 26.3. The molecule has 0 aromatic carbocycles. The van der Waals surface area contributed by atoms with Gasteiger partial charge in [-0.1, -0.05) is 214 Å². The second kappa shape index (κ2) is 44.5. The monoisotopic (exact) mass is 952 g/mol. The number of allylic oxidation sites excluding steroid dienone is 17.